The van der Waals surface area contributed by atoms with Crippen LogP contribution in [-0.2, 0) is 14.3 Å². The van der Waals surface area contributed by atoms with E-state index in [1.165, 1.54) is 71.6 Å². The van der Waals surface area contributed by atoms with Crippen LogP contribution < -0.4 is 9.64 Å². The van der Waals surface area contributed by atoms with Crippen molar-refractivity contribution in [3.8, 4) is 5.75 Å². The van der Waals surface area contributed by atoms with Crippen molar-refractivity contribution in [3.63, 3.8) is 0 Å². The number of nitro groups is 1. The topological polar surface area (TPSA) is 133 Å². The molecule has 0 saturated carbocycles. The summed E-state index contributed by atoms with van der Waals surface area (Å²) in [5.41, 5.74) is 0.649. The molecule has 4 rings (SSSR count). The highest BCUT2D eigenvalue weighted by atomic mass is 35.5. The molecule has 0 bridgehead atoms. The van der Waals surface area contributed by atoms with Crippen LogP contribution >= 0.6 is 23.2 Å². The van der Waals surface area contributed by atoms with Gasteiger partial charge in [0.15, 0.2) is 12.4 Å². The summed E-state index contributed by atoms with van der Waals surface area (Å²) < 4.78 is 10.4. The lowest BCUT2D eigenvalue weighted by molar-refractivity contribution is -0.384. The molecule has 194 valence electrons. The van der Waals surface area contributed by atoms with Gasteiger partial charge in [-0.05, 0) is 54.6 Å². The molecular weight excluding hydrogens is 539 g/mol. The number of Topliss-reactive ketones (excluding diaryl/α,β-unsaturated/α-hetero) is 1. The molecule has 0 unspecified atom stereocenters. The standard InChI is InChI=1S/C26H18Cl2N2O8/c27-17-3-10-21(22(28)12-17)26(34)38-20-8-1-15(2-9-20)23(31)14-37-25(33)16-11-24(32)29(13-16)18-4-6-19(7-5-18)30(35)36/h1-10,12,16H,11,13-14H2/t16-/m0/s1. The Morgan fingerprint density at radius 3 is 2.32 bits per heavy atom. The fourth-order valence-corrected chi connectivity index (χ4v) is 4.22. The number of ketones is 1. The van der Waals surface area contributed by atoms with Gasteiger partial charge in [-0.2, -0.15) is 0 Å². The second kappa shape index (κ2) is 11.4. The van der Waals surface area contributed by atoms with E-state index < -0.39 is 35.2 Å². The van der Waals surface area contributed by atoms with E-state index in [0.29, 0.717) is 10.7 Å². The maximum Gasteiger partial charge on any atom is 0.345 e. The fourth-order valence-electron chi connectivity index (χ4n) is 3.73. The number of nitro benzene ring substituents is 1. The van der Waals surface area contributed by atoms with E-state index in [4.69, 9.17) is 32.7 Å². The van der Waals surface area contributed by atoms with Gasteiger partial charge < -0.3 is 14.4 Å². The van der Waals surface area contributed by atoms with Crippen LogP contribution in [0.4, 0.5) is 11.4 Å². The number of hydrogen-bond donors (Lipinski definition) is 0. The number of carbonyl (C=O) groups excluding carboxylic acids is 4. The molecule has 38 heavy (non-hydrogen) atoms. The summed E-state index contributed by atoms with van der Waals surface area (Å²) in [6.45, 7) is -0.512. The summed E-state index contributed by atoms with van der Waals surface area (Å²) in [4.78, 5) is 61.3. The van der Waals surface area contributed by atoms with Crippen LogP contribution in [0.25, 0.3) is 0 Å². The predicted octanol–water partition coefficient (Wildman–Crippen LogP) is 4.90. The highest BCUT2D eigenvalue weighted by Gasteiger charge is 2.36. The first-order valence-corrected chi connectivity index (χ1v) is 11.9. The van der Waals surface area contributed by atoms with Gasteiger partial charge in [-0.3, -0.25) is 24.5 Å². The minimum atomic E-state index is -0.785. The monoisotopic (exact) mass is 556 g/mol. The van der Waals surface area contributed by atoms with Crippen LogP contribution in [-0.4, -0.2) is 41.7 Å². The van der Waals surface area contributed by atoms with Crippen LogP contribution in [0.5, 0.6) is 5.75 Å². The van der Waals surface area contributed by atoms with Crippen molar-refractivity contribution >= 4 is 58.2 Å². The zero-order valence-electron chi connectivity index (χ0n) is 19.5. The third-order valence-electron chi connectivity index (χ3n) is 5.71. The molecule has 1 fully saturated rings. The molecule has 1 amide bonds. The Morgan fingerprint density at radius 2 is 1.68 bits per heavy atom. The van der Waals surface area contributed by atoms with Gasteiger partial charge in [-0.1, -0.05) is 23.2 Å². The Hall–Kier alpha value is -4.28. The SMILES string of the molecule is O=C(COC(=O)[C@H]1CC(=O)N(c2ccc([N+](=O)[O-])cc2)C1)c1ccc(OC(=O)c2ccc(Cl)cc2Cl)cc1. The van der Waals surface area contributed by atoms with Gasteiger partial charge in [0.05, 0.1) is 21.4 Å². The summed E-state index contributed by atoms with van der Waals surface area (Å²) in [5, 5.41) is 11.3. The van der Waals surface area contributed by atoms with E-state index in [1.807, 2.05) is 0 Å². The zero-order chi connectivity index (χ0) is 27.4. The number of nitrogens with zero attached hydrogens (tertiary/aromatic N) is 2. The van der Waals surface area contributed by atoms with E-state index in [-0.39, 0.29) is 46.5 Å². The molecule has 1 saturated heterocycles. The van der Waals surface area contributed by atoms with Gasteiger partial charge in [0.1, 0.15) is 5.75 Å². The smallest absolute Gasteiger partial charge is 0.345 e. The van der Waals surface area contributed by atoms with E-state index >= 15 is 0 Å². The molecule has 1 aliphatic rings. The van der Waals surface area contributed by atoms with Crippen molar-refractivity contribution in [3.05, 3.63) is 98.0 Å². The Balaban J connectivity index is 1.29. The van der Waals surface area contributed by atoms with Crippen LogP contribution in [0.3, 0.4) is 0 Å². The van der Waals surface area contributed by atoms with Crippen molar-refractivity contribution < 1.29 is 33.6 Å². The van der Waals surface area contributed by atoms with Crippen molar-refractivity contribution in [2.45, 2.75) is 6.42 Å². The summed E-state index contributed by atoms with van der Waals surface area (Å²) in [7, 11) is 0. The second-order valence-corrected chi connectivity index (χ2v) is 9.09. The number of anilines is 1. The molecule has 1 aliphatic heterocycles. The van der Waals surface area contributed by atoms with Gasteiger partial charge in [0.25, 0.3) is 5.69 Å². The van der Waals surface area contributed by atoms with Crippen molar-refractivity contribution in [1.82, 2.24) is 0 Å². The molecule has 3 aromatic carbocycles. The number of carbonyl (C=O) groups is 4. The summed E-state index contributed by atoms with van der Waals surface area (Å²) in [5.74, 6) is -2.85. The molecule has 0 aromatic heterocycles. The lowest BCUT2D eigenvalue weighted by Crippen LogP contribution is -2.27. The number of hydrogen-bond acceptors (Lipinski definition) is 8. The van der Waals surface area contributed by atoms with E-state index in [1.54, 1.807) is 0 Å². The molecule has 1 atom stereocenters. The number of halogens is 2. The summed E-state index contributed by atoms with van der Waals surface area (Å²) in [6, 6.07) is 15.4. The Bertz CT molecular complexity index is 1420. The first-order chi connectivity index (χ1) is 18.1. The number of ether oxygens (including phenoxy) is 2. The second-order valence-electron chi connectivity index (χ2n) is 8.25. The summed E-state index contributed by atoms with van der Waals surface area (Å²) >= 11 is 11.8. The molecule has 0 radical (unpaired) electrons. The zero-order valence-corrected chi connectivity index (χ0v) is 21.0. The first-order valence-electron chi connectivity index (χ1n) is 11.1. The minimum absolute atomic E-state index is 0.0291. The van der Waals surface area contributed by atoms with E-state index in [2.05, 4.69) is 0 Å². The average Bonchev–Trinajstić information content (AvgIpc) is 3.29. The molecule has 0 spiro atoms. The van der Waals surface area contributed by atoms with Crippen LogP contribution in [0.15, 0.2) is 66.7 Å². The molecule has 10 nitrogen and oxygen atoms in total. The van der Waals surface area contributed by atoms with Crippen molar-refractivity contribution in [2.75, 3.05) is 18.1 Å². The van der Waals surface area contributed by atoms with Gasteiger partial charge in [0, 0.05) is 41.4 Å². The summed E-state index contributed by atoms with van der Waals surface area (Å²) in [6.07, 6.45) is -0.109. The van der Waals surface area contributed by atoms with Crippen molar-refractivity contribution in [2.24, 2.45) is 5.92 Å². The maximum atomic E-state index is 12.5. The van der Waals surface area contributed by atoms with Gasteiger partial charge in [-0.15, -0.1) is 0 Å². The molecule has 0 N–H and O–H groups in total. The predicted molar refractivity (Wildman–Crippen MR) is 137 cm³/mol. The van der Waals surface area contributed by atoms with Crippen LogP contribution in [0, 0.1) is 16.0 Å². The number of esters is 2. The van der Waals surface area contributed by atoms with E-state index in [9.17, 15) is 29.3 Å². The van der Waals surface area contributed by atoms with Gasteiger partial charge >= 0.3 is 11.9 Å². The third-order valence-corrected chi connectivity index (χ3v) is 6.26. The Labute approximate surface area is 225 Å². The maximum absolute atomic E-state index is 12.5. The Morgan fingerprint density at radius 1 is 1.00 bits per heavy atom. The number of non-ortho nitro benzene ring substituents is 1. The van der Waals surface area contributed by atoms with Gasteiger partial charge in [-0.25, -0.2) is 4.79 Å². The molecule has 3 aromatic rings. The number of benzene rings is 3. The fraction of sp³-hybridized carbons (Fsp3) is 0.154. The molecule has 12 heteroatoms. The third kappa shape index (κ3) is 6.16. The first kappa shape index (κ1) is 26.8. The lowest BCUT2D eigenvalue weighted by Gasteiger charge is -2.16. The normalized spacial score (nSPS) is 14.7. The van der Waals surface area contributed by atoms with Crippen molar-refractivity contribution in [1.29, 1.82) is 0 Å². The number of rotatable bonds is 8. The molecule has 1 heterocycles. The van der Waals surface area contributed by atoms with Gasteiger partial charge in [0.2, 0.25) is 5.91 Å². The van der Waals surface area contributed by atoms with E-state index in [0.717, 1.165) is 0 Å². The molecule has 0 aliphatic carbocycles. The minimum Gasteiger partial charge on any atom is -0.457 e. The molecular formula is C26H18Cl2N2O8. The highest BCUT2D eigenvalue weighted by Crippen LogP contribution is 2.28. The quantitative estimate of drug-likeness (QED) is 0.126. The largest absolute Gasteiger partial charge is 0.457 e. The highest BCUT2D eigenvalue weighted by molar-refractivity contribution is 6.36. The van der Waals surface area contributed by atoms with Crippen LogP contribution in [0.1, 0.15) is 27.1 Å². The number of amides is 1. The average molecular weight is 557 g/mol. The van der Waals surface area contributed by atoms with Crippen LogP contribution in [0.2, 0.25) is 10.0 Å². The Kier molecular flexibility index (Phi) is 8.04. The lowest BCUT2D eigenvalue weighted by atomic mass is 10.1.